The first-order chi connectivity index (χ1) is 14.2. The van der Waals surface area contributed by atoms with E-state index in [9.17, 15) is 18.5 Å². The molecule has 11 heteroatoms. The van der Waals surface area contributed by atoms with E-state index in [1.54, 1.807) is 54.8 Å². The molecule has 0 saturated heterocycles. The third kappa shape index (κ3) is 3.57. The second-order valence-corrected chi connectivity index (χ2v) is 8.28. The van der Waals surface area contributed by atoms with E-state index in [1.165, 1.54) is 12.1 Å². The normalized spacial score (nSPS) is 11.5. The van der Waals surface area contributed by atoms with Crippen molar-refractivity contribution in [2.24, 2.45) is 0 Å². The van der Waals surface area contributed by atoms with E-state index >= 15 is 0 Å². The molecule has 0 unspecified atom stereocenters. The lowest BCUT2D eigenvalue weighted by Crippen LogP contribution is -2.14. The number of non-ortho nitro benzene ring substituents is 1. The quantitative estimate of drug-likeness (QED) is 0.384. The van der Waals surface area contributed by atoms with E-state index in [0.29, 0.717) is 28.4 Å². The van der Waals surface area contributed by atoms with Crippen LogP contribution < -0.4 is 4.72 Å². The molecule has 0 bridgehead atoms. The minimum Gasteiger partial charge on any atom is -0.280 e. The predicted octanol–water partition coefficient (Wildman–Crippen LogP) is 3.12. The molecular formula is C19H16N6O4S. The first-order valence-electron chi connectivity index (χ1n) is 8.82. The summed E-state index contributed by atoms with van der Waals surface area (Å²) in [7, 11) is -4.00. The zero-order valence-electron chi connectivity index (χ0n) is 16.0. The number of nitrogens with one attached hydrogen (secondary N) is 1. The molecule has 0 aliphatic heterocycles. The molecular weight excluding hydrogens is 408 g/mol. The average Bonchev–Trinajstić information content (AvgIpc) is 3.08. The van der Waals surface area contributed by atoms with Crippen molar-refractivity contribution in [2.75, 3.05) is 4.72 Å². The Morgan fingerprint density at radius 2 is 1.73 bits per heavy atom. The summed E-state index contributed by atoms with van der Waals surface area (Å²) in [5.74, 6) is 0.656. The van der Waals surface area contributed by atoms with Crippen LogP contribution in [0.4, 0.5) is 11.4 Å². The van der Waals surface area contributed by atoms with Gasteiger partial charge in [-0.25, -0.2) is 8.42 Å². The van der Waals surface area contributed by atoms with Crippen molar-refractivity contribution in [1.29, 1.82) is 0 Å². The van der Waals surface area contributed by atoms with E-state index in [0.717, 1.165) is 11.6 Å². The van der Waals surface area contributed by atoms with Crippen LogP contribution in [-0.4, -0.2) is 33.2 Å². The molecule has 152 valence electrons. The molecule has 2 aromatic carbocycles. The molecule has 4 aromatic rings. The van der Waals surface area contributed by atoms with Crippen molar-refractivity contribution in [1.82, 2.24) is 19.8 Å². The lowest BCUT2D eigenvalue weighted by atomic mass is 10.1. The minimum absolute atomic E-state index is 0.143. The Hall–Kier alpha value is -3.86. The fraction of sp³-hybridized carbons (Fsp3) is 0.105. The number of nitro groups is 1. The summed E-state index contributed by atoms with van der Waals surface area (Å²) >= 11 is 0. The Morgan fingerprint density at radius 3 is 2.43 bits per heavy atom. The van der Waals surface area contributed by atoms with Crippen LogP contribution >= 0.6 is 0 Å². The van der Waals surface area contributed by atoms with Crippen LogP contribution in [0.2, 0.25) is 0 Å². The highest BCUT2D eigenvalue weighted by molar-refractivity contribution is 7.92. The lowest BCUT2D eigenvalue weighted by Gasteiger charge is -2.11. The Labute approximate surface area is 171 Å². The standard InChI is InChI=1S/C19H16N6O4S/c1-12-3-8-16(25(26)27)11-18(12)30(28,29)23-15-6-4-14(5-7-15)17-9-10-19-21-20-13(2)24(19)22-17/h3-11,23H,1-2H3. The number of anilines is 1. The van der Waals surface area contributed by atoms with Crippen LogP contribution in [0.3, 0.4) is 0 Å². The maximum atomic E-state index is 12.7. The van der Waals surface area contributed by atoms with Gasteiger partial charge >= 0.3 is 0 Å². The Balaban J connectivity index is 1.62. The van der Waals surface area contributed by atoms with Crippen molar-refractivity contribution in [2.45, 2.75) is 18.7 Å². The van der Waals surface area contributed by atoms with Gasteiger partial charge in [-0.3, -0.25) is 14.8 Å². The van der Waals surface area contributed by atoms with Crippen molar-refractivity contribution < 1.29 is 13.3 Å². The number of benzene rings is 2. The SMILES string of the molecule is Cc1ccc([N+](=O)[O-])cc1S(=O)(=O)Nc1ccc(-c2ccc3nnc(C)n3n2)cc1. The summed E-state index contributed by atoms with van der Waals surface area (Å²) in [5.41, 5.74) is 2.53. The molecule has 4 rings (SSSR count). The molecule has 2 heterocycles. The maximum absolute atomic E-state index is 12.7. The highest BCUT2D eigenvalue weighted by Crippen LogP contribution is 2.25. The third-order valence-electron chi connectivity index (χ3n) is 4.52. The van der Waals surface area contributed by atoms with Gasteiger partial charge in [-0.2, -0.15) is 9.61 Å². The zero-order chi connectivity index (χ0) is 21.5. The van der Waals surface area contributed by atoms with E-state index in [4.69, 9.17) is 0 Å². The number of aryl methyl sites for hydroxylation is 2. The third-order valence-corrected chi connectivity index (χ3v) is 6.05. The number of hydrogen-bond donors (Lipinski definition) is 1. The first-order valence-corrected chi connectivity index (χ1v) is 10.3. The average molecular weight is 424 g/mol. The van der Waals surface area contributed by atoms with Crippen molar-refractivity contribution >= 4 is 27.0 Å². The van der Waals surface area contributed by atoms with Gasteiger partial charge in [0.2, 0.25) is 0 Å². The van der Waals surface area contributed by atoms with Crippen LogP contribution in [0.1, 0.15) is 11.4 Å². The molecule has 2 aromatic heterocycles. The van der Waals surface area contributed by atoms with E-state index in [2.05, 4.69) is 20.0 Å². The molecule has 0 atom stereocenters. The van der Waals surface area contributed by atoms with Crippen LogP contribution in [0.15, 0.2) is 59.5 Å². The smallest absolute Gasteiger partial charge is 0.270 e. The number of aromatic nitrogens is 4. The van der Waals surface area contributed by atoms with Crippen molar-refractivity contribution in [3.8, 4) is 11.3 Å². The number of rotatable bonds is 5. The minimum atomic E-state index is -4.00. The molecule has 0 fully saturated rings. The summed E-state index contributed by atoms with van der Waals surface area (Å²) in [6, 6.07) is 14.0. The Kier molecular flexibility index (Phi) is 4.66. The summed E-state index contributed by atoms with van der Waals surface area (Å²) < 4.78 is 29.6. The fourth-order valence-corrected chi connectivity index (χ4v) is 4.29. The van der Waals surface area contributed by atoms with E-state index in [1.807, 2.05) is 0 Å². The molecule has 0 saturated carbocycles. The molecule has 30 heavy (non-hydrogen) atoms. The predicted molar refractivity (Wildman–Crippen MR) is 110 cm³/mol. The first kappa shape index (κ1) is 19.5. The lowest BCUT2D eigenvalue weighted by molar-refractivity contribution is -0.385. The van der Waals surface area contributed by atoms with E-state index in [-0.39, 0.29) is 10.6 Å². The molecule has 0 radical (unpaired) electrons. The summed E-state index contributed by atoms with van der Waals surface area (Å²) in [6.07, 6.45) is 0. The molecule has 0 amide bonds. The second-order valence-electron chi connectivity index (χ2n) is 6.63. The van der Waals surface area contributed by atoms with Crippen molar-refractivity contribution in [3.05, 3.63) is 76.1 Å². The van der Waals surface area contributed by atoms with Gasteiger partial charge in [0.1, 0.15) is 0 Å². The van der Waals surface area contributed by atoms with Crippen LogP contribution in [0, 0.1) is 24.0 Å². The largest absolute Gasteiger partial charge is 0.280 e. The highest BCUT2D eigenvalue weighted by Gasteiger charge is 2.20. The summed E-state index contributed by atoms with van der Waals surface area (Å²) in [5, 5.41) is 23.4. The second kappa shape index (κ2) is 7.19. The fourth-order valence-electron chi connectivity index (χ4n) is 2.96. The highest BCUT2D eigenvalue weighted by atomic mass is 32.2. The van der Waals surface area contributed by atoms with E-state index < -0.39 is 14.9 Å². The van der Waals surface area contributed by atoms with Gasteiger partial charge in [0.25, 0.3) is 15.7 Å². The van der Waals surface area contributed by atoms with Crippen LogP contribution in [0.5, 0.6) is 0 Å². The number of hydrogen-bond acceptors (Lipinski definition) is 7. The maximum Gasteiger partial charge on any atom is 0.270 e. The van der Waals surface area contributed by atoms with Gasteiger partial charge in [-0.15, -0.1) is 10.2 Å². The number of nitro benzene ring substituents is 1. The molecule has 1 N–H and O–H groups in total. The van der Waals surface area contributed by atoms with Gasteiger partial charge in [0, 0.05) is 23.4 Å². The molecule has 0 spiro atoms. The molecule has 0 aliphatic carbocycles. The zero-order valence-corrected chi connectivity index (χ0v) is 16.8. The Bertz CT molecular complexity index is 1380. The monoisotopic (exact) mass is 424 g/mol. The molecule has 0 aliphatic rings. The summed E-state index contributed by atoms with van der Waals surface area (Å²) in [6.45, 7) is 3.38. The topological polar surface area (TPSA) is 132 Å². The van der Waals surface area contributed by atoms with Gasteiger partial charge in [0.05, 0.1) is 15.5 Å². The van der Waals surface area contributed by atoms with Gasteiger partial charge in [-0.05, 0) is 43.7 Å². The van der Waals surface area contributed by atoms with Crippen LogP contribution in [-0.2, 0) is 10.0 Å². The number of nitrogens with zero attached hydrogens (tertiary/aromatic N) is 5. The van der Waals surface area contributed by atoms with Gasteiger partial charge in [0.15, 0.2) is 11.5 Å². The number of sulfonamides is 1. The number of fused-ring (bicyclic) bond motifs is 1. The van der Waals surface area contributed by atoms with Crippen molar-refractivity contribution in [3.63, 3.8) is 0 Å². The Morgan fingerprint density at radius 1 is 1.00 bits per heavy atom. The summed E-state index contributed by atoms with van der Waals surface area (Å²) in [4.78, 5) is 10.2. The van der Waals surface area contributed by atoms with Crippen LogP contribution in [0.25, 0.3) is 16.9 Å². The van der Waals surface area contributed by atoms with Gasteiger partial charge < -0.3 is 0 Å². The van der Waals surface area contributed by atoms with Gasteiger partial charge in [-0.1, -0.05) is 18.2 Å². The molecule has 10 nitrogen and oxygen atoms in total.